The monoisotopic (exact) mass is 553 g/mol. The van der Waals surface area contributed by atoms with Crippen molar-refractivity contribution in [3.8, 4) is 22.9 Å². The van der Waals surface area contributed by atoms with Gasteiger partial charge >= 0.3 is 0 Å². The zero-order valence-corrected chi connectivity index (χ0v) is 21.9. The van der Waals surface area contributed by atoms with Crippen LogP contribution in [0, 0.1) is 11.6 Å². The van der Waals surface area contributed by atoms with Crippen LogP contribution in [0.2, 0.25) is 5.02 Å². The number of methoxy groups -OCH3 is 2. The summed E-state index contributed by atoms with van der Waals surface area (Å²) < 4.78 is 69.9. The SMILES string of the molecule is CC.COc1nc2c(C(C)=O)ncn2cc1-c1c(F)ccc(NS(=O)(=O)c2cc(Cl)cnc2OC)c1F. The summed E-state index contributed by atoms with van der Waals surface area (Å²) in [7, 11) is -2.02. The fourth-order valence-electron chi connectivity index (χ4n) is 3.32. The first kappa shape index (κ1) is 27.7. The standard InChI is InChI=1S/C21H16ClF2N5O5S.C2H6/c1-10(30)18-19-27-20(33-2)12(8-29(19)9-26-18)16-13(23)4-5-14(17(16)24)28-35(31,32)15-6-11(22)7-25-21(15)34-3;1-2/h4-9,28H,1-3H3;1-2H3. The molecule has 10 nitrogen and oxygen atoms in total. The molecule has 1 N–H and O–H groups in total. The zero-order valence-electron chi connectivity index (χ0n) is 20.3. The van der Waals surface area contributed by atoms with Crippen LogP contribution >= 0.6 is 11.6 Å². The summed E-state index contributed by atoms with van der Waals surface area (Å²) >= 11 is 5.86. The van der Waals surface area contributed by atoms with Gasteiger partial charge in [0, 0.05) is 19.3 Å². The Balaban J connectivity index is 0.00000186. The first-order valence-electron chi connectivity index (χ1n) is 10.7. The predicted molar refractivity (Wildman–Crippen MR) is 133 cm³/mol. The first-order valence-corrected chi connectivity index (χ1v) is 12.6. The molecule has 0 bridgehead atoms. The number of hydrogen-bond acceptors (Lipinski definition) is 8. The van der Waals surface area contributed by atoms with Crippen molar-refractivity contribution < 1.29 is 31.5 Å². The predicted octanol–water partition coefficient (Wildman–Crippen LogP) is 4.77. The highest BCUT2D eigenvalue weighted by molar-refractivity contribution is 7.92. The van der Waals surface area contributed by atoms with Gasteiger partial charge in [0.15, 0.2) is 27.8 Å². The highest BCUT2D eigenvalue weighted by atomic mass is 35.5. The molecule has 0 unspecified atom stereocenters. The van der Waals surface area contributed by atoms with Gasteiger partial charge in [0.1, 0.15) is 12.1 Å². The minimum absolute atomic E-state index is 0.000757. The number of nitrogens with zero attached hydrogens (tertiary/aromatic N) is 4. The summed E-state index contributed by atoms with van der Waals surface area (Å²) in [6, 6.07) is 2.87. The Labute approximate surface area is 216 Å². The van der Waals surface area contributed by atoms with Crippen molar-refractivity contribution in [1.29, 1.82) is 0 Å². The fraction of sp³-hybridized carbons (Fsp3) is 0.217. The van der Waals surface area contributed by atoms with E-state index in [-0.39, 0.29) is 39.5 Å². The van der Waals surface area contributed by atoms with Gasteiger partial charge in [0.25, 0.3) is 10.0 Å². The van der Waals surface area contributed by atoms with E-state index < -0.39 is 37.8 Å². The molecule has 14 heteroatoms. The number of anilines is 1. The van der Waals surface area contributed by atoms with Gasteiger partial charge in [-0.25, -0.2) is 27.2 Å². The summed E-state index contributed by atoms with van der Waals surface area (Å²) in [4.78, 5) is 23.2. The molecule has 0 fully saturated rings. The van der Waals surface area contributed by atoms with Crippen molar-refractivity contribution >= 4 is 38.7 Å². The molecule has 0 aliphatic rings. The van der Waals surface area contributed by atoms with Crippen LogP contribution in [0.15, 0.2) is 41.8 Å². The van der Waals surface area contributed by atoms with Crippen LogP contribution in [0.3, 0.4) is 0 Å². The molecule has 0 amide bonds. The van der Waals surface area contributed by atoms with Gasteiger partial charge in [-0.2, -0.15) is 4.98 Å². The fourth-order valence-corrected chi connectivity index (χ4v) is 4.75. The van der Waals surface area contributed by atoms with E-state index in [0.29, 0.717) is 0 Å². The van der Waals surface area contributed by atoms with E-state index in [0.717, 1.165) is 18.2 Å². The highest BCUT2D eigenvalue weighted by Gasteiger charge is 2.27. The summed E-state index contributed by atoms with van der Waals surface area (Å²) in [6.07, 6.45) is 3.70. The van der Waals surface area contributed by atoms with E-state index in [1.807, 2.05) is 13.8 Å². The Morgan fingerprint density at radius 1 is 1.11 bits per heavy atom. The largest absolute Gasteiger partial charge is 0.480 e. The van der Waals surface area contributed by atoms with E-state index >= 15 is 4.39 Å². The van der Waals surface area contributed by atoms with Crippen molar-refractivity contribution in [3.63, 3.8) is 0 Å². The number of carbonyl (C=O) groups is 1. The lowest BCUT2D eigenvalue weighted by atomic mass is 10.1. The van der Waals surface area contributed by atoms with Crippen LogP contribution in [0.1, 0.15) is 31.3 Å². The number of ether oxygens (including phenoxy) is 2. The summed E-state index contributed by atoms with van der Waals surface area (Å²) in [5.41, 5.74) is -1.17. The quantitative estimate of drug-likeness (QED) is 0.324. The van der Waals surface area contributed by atoms with Crippen LogP contribution in [-0.4, -0.2) is 47.8 Å². The molecule has 0 spiro atoms. The maximum Gasteiger partial charge on any atom is 0.267 e. The van der Waals surface area contributed by atoms with Gasteiger partial charge in [-0.15, -0.1) is 0 Å². The third-order valence-corrected chi connectivity index (χ3v) is 6.44. The Hall–Kier alpha value is -3.84. The molecule has 1 aromatic carbocycles. The molecular formula is C23H22ClF2N5O5S. The number of ketones is 1. The third-order valence-electron chi connectivity index (χ3n) is 4.87. The smallest absolute Gasteiger partial charge is 0.267 e. The lowest BCUT2D eigenvalue weighted by molar-refractivity contribution is 0.101. The Kier molecular flexibility index (Phi) is 8.28. The number of aromatic nitrogens is 4. The maximum absolute atomic E-state index is 15.6. The topological polar surface area (TPSA) is 125 Å². The number of rotatable bonds is 7. The van der Waals surface area contributed by atoms with Gasteiger partial charge in [-0.3, -0.25) is 13.9 Å². The van der Waals surface area contributed by atoms with Gasteiger partial charge in [0.2, 0.25) is 11.8 Å². The first-order chi connectivity index (χ1) is 17.6. The number of imidazole rings is 1. The third kappa shape index (κ3) is 5.32. The molecule has 0 aliphatic heterocycles. The molecule has 196 valence electrons. The number of halogens is 3. The molecule has 4 aromatic rings. The van der Waals surface area contributed by atoms with E-state index in [1.165, 1.54) is 44.3 Å². The van der Waals surface area contributed by atoms with Gasteiger partial charge in [-0.1, -0.05) is 25.4 Å². The lowest BCUT2D eigenvalue weighted by Crippen LogP contribution is -2.16. The Morgan fingerprint density at radius 2 is 1.78 bits per heavy atom. The average Bonchev–Trinajstić information content (AvgIpc) is 3.29. The number of hydrogen-bond donors (Lipinski definition) is 1. The number of benzene rings is 1. The molecule has 0 aliphatic carbocycles. The molecule has 0 saturated heterocycles. The van der Waals surface area contributed by atoms with Crippen LogP contribution in [0.4, 0.5) is 14.5 Å². The second-order valence-electron chi connectivity index (χ2n) is 7.09. The van der Waals surface area contributed by atoms with Crippen LogP contribution in [-0.2, 0) is 10.0 Å². The zero-order chi connectivity index (χ0) is 27.5. The van der Waals surface area contributed by atoms with Crippen molar-refractivity contribution in [3.05, 3.63) is 59.3 Å². The summed E-state index contributed by atoms with van der Waals surface area (Å²) in [5.74, 6) is -3.11. The Morgan fingerprint density at radius 3 is 2.41 bits per heavy atom. The molecule has 3 heterocycles. The highest BCUT2D eigenvalue weighted by Crippen LogP contribution is 2.37. The maximum atomic E-state index is 15.6. The van der Waals surface area contributed by atoms with Crippen molar-refractivity contribution in [2.45, 2.75) is 25.7 Å². The van der Waals surface area contributed by atoms with Gasteiger partial charge in [-0.05, 0) is 18.2 Å². The van der Waals surface area contributed by atoms with Crippen molar-refractivity contribution in [2.24, 2.45) is 0 Å². The molecule has 4 rings (SSSR count). The molecule has 0 radical (unpaired) electrons. The molecule has 0 atom stereocenters. The summed E-state index contributed by atoms with van der Waals surface area (Å²) in [6.45, 7) is 5.30. The Bertz CT molecular complexity index is 1590. The second kappa shape index (κ2) is 11.0. The minimum atomic E-state index is -4.45. The molecule has 3 aromatic heterocycles. The van der Waals surface area contributed by atoms with Gasteiger partial charge in [0.05, 0.1) is 36.1 Å². The minimum Gasteiger partial charge on any atom is -0.480 e. The molecule has 37 heavy (non-hydrogen) atoms. The van der Waals surface area contributed by atoms with Gasteiger partial charge < -0.3 is 9.47 Å². The van der Waals surface area contributed by atoms with Crippen molar-refractivity contribution in [1.82, 2.24) is 19.4 Å². The number of nitrogens with one attached hydrogen (secondary N) is 1. The van der Waals surface area contributed by atoms with E-state index in [9.17, 15) is 17.6 Å². The van der Waals surface area contributed by atoms with Crippen LogP contribution in [0.5, 0.6) is 11.8 Å². The number of pyridine rings is 1. The molecule has 0 saturated carbocycles. The van der Waals surface area contributed by atoms with Crippen molar-refractivity contribution in [2.75, 3.05) is 18.9 Å². The number of carbonyl (C=O) groups excluding carboxylic acids is 1. The average molecular weight is 554 g/mol. The van der Waals surface area contributed by atoms with E-state index in [1.54, 1.807) is 0 Å². The summed E-state index contributed by atoms with van der Waals surface area (Å²) in [5, 5.41) is 0.000757. The van der Waals surface area contributed by atoms with Crippen LogP contribution < -0.4 is 14.2 Å². The second-order valence-corrected chi connectivity index (χ2v) is 9.18. The molecular weight excluding hydrogens is 532 g/mol. The van der Waals surface area contributed by atoms with E-state index in [2.05, 4.69) is 19.7 Å². The normalized spacial score (nSPS) is 11.0. The van der Waals surface area contributed by atoms with E-state index in [4.69, 9.17) is 21.1 Å². The number of fused-ring (bicyclic) bond motifs is 1. The number of sulfonamides is 1. The number of Topliss-reactive ketones (excluding diaryl/α,β-unsaturated/α-hetero) is 1. The lowest BCUT2D eigenvalue weighted by Gasteiger charge is -2.15. The van der Waals surface area contributed by atoms with Crippen LogP contribution in [0.25, 0.3) is 16.8 Å².